The van der Waals surface area contributed by atoms with Crippen molar-refractivity contribution in [3.63, 3.8) is 0 Å². The highest BCUT2D eigenvalue weighted by Crippen LogP contribution is 2.13. The van der Waals surface area contributed by atoms with Crippen LogP contribution in [0.5, 0.6) is 0 Å². The average molecular weight is 210 g/mol. The van der Waals surface area contributed by atoms with E-state index in [4.69, 9.17) is 5.11 Å². The second-order valence-electron chi connectivity index (χ2n) is 3.80. The second kappa shape index (κ2) is 5.09. The van der Waals surface area contributed by atoms with Gasteiger partial charge in [0.25, 0.3) is 0 Å². The molecule has 0 radical (unpaired) electrons. The third kappa shape index (κ3) is 3.18. The lowest BCUT2D eigenvalue weighted by Crippen LogP contribution is -2.27. The van der Waals surface area contributed by atoms with Crippen molar-refractivity contribution in [2.24, 2.45) is 0 Å². The van der Waals surface area contributed by atoms with E-state index < -0.39 is 0 Å². The van der Waals surface area contributed by atoms with Crippen molar-refractivity contribution in [1.82, 2.24) is 4.98 Å². The largest absolute Gasteiger partial charge is 0.392 e. The van der Waals surface area contributed by atoms with Crippen LogP contribution in [0.3, 0.4) is 0 Å². The number of nitrogens with zero attached hydrogens (tertiary/aromatic N) is 2. The van der Waals surface area contributed by atoms with Crippen LogP contribution in [0.15, 0.2) is 12.1 Å². The van der Waals surface area contributed by atoms with Gasteiger partial charge in [-0.25, -0.2) is 4.98 Å². The van der Waals surface area contributed by atoms with Crippen LogP contribution in [0.2, 0.25) is 0 Å². The van der Waals surface area contributed by atoms with Gasteiger partial charge in [-0.1, -0.05) is 6.07 Å². The van der Waals surface area contributed by atoms with Gasteiger partial charge < -0.3 is 15.1 Å². The number of hydrogen-bond donors (Lipinski definition) is 2. The van der Waals surface area contributed by atoms with Crippen LogP contribution in [0.25, 0.3) is 0 Å². The number of aliphatic hydroxyl groups excluding tert-OH is 2. The first kappa shape index (κ1) is 11.9. The van der Waals surface area contributed by atoms with Crippen LogP contribution in [0, 0.1) is 6.92 Å². The Morgan fingerprint density at radius 3 is 2.60 bits per heavy atom. The standard InChI is InChI=1S/C11H18N2O2/c1-8(15)6-13(3)11-5-4-10(7-14)9(2)12-11/h4-5,8,14-15H,6-7H2,1-3H3. The lowest BCUT2D eigenvalue weighted by Gasteiger charge is -2.20. The zero-order valence-corrected chi connectivity index (χ0v) is 9.44. The lowest BCUT2D eigenvalue weighted by atomic mass is 10.2. The van der Waals surface area contributed by atoms with Gasteiger partial charge in [0.2, 0.25) is 0 Å². The number of aliphatic hydroxyl groups is 2. The van der Waals surface area contributed by atoms with Gasteiger partial charge >= 0.3 is 0 Å². The summed E-state index contributed by atoms with van der Waals surface area (Å²) in [6.07, 6.45) is -0.380. The van der Waals surface area contributed by atoms with Gasteiger partial charge in [0.05, 0.1) is 12.7 Å². The highest BCUT2D eigenvalue weighted by molar-refractivity contribution is 5.40. The predicted molar refractivity (Wildman–Crippen MR) is 59.8 cm³/mol. The highest BCUT2D eigenvalue weighted by atomic mass is 16.3. The Balaban J connectivity index is 2.82. The Morgan fingerprint density at radius 2 is 2.13 bits per heavy atom. The van der Waals surface area contributed by atoms with Crippen molar-refractivity contribution >= 4 is 5.82 Å². The molecule has 4 nitrogen and oxygen atoms in total. The molecule has 1 rings (SSSR count). The minimum atomic E-state index is -0.380. The fraction of sp³-hybridized carbons (Fsp3) is 0.545. The van der Waals surface area contributed by atoms with E-state index in [0.29, 0.717) is 6.54 Å². The summed E-state index contributed by atoms with van der Waals surface area (Å²) in [5, 5.41) is 18.2. The number of likely N-dealkylation sites (N-methyl/N-ethyl adjacent to an activating group) is 1. The third-order valence-electron chi connectivity index (χ3n) is 2.28. The number of anilines is 1. The van der Waals surface area contributed by atoms with E-state index in [9.17, 15) is 5.11 Å². The van der Waals surface area contributed by atoms with Crippen molar-refractivity contribution in [3.8, 4) is 0 Å². The first-order chi connectivity index (χ1) is 7.04. The van der Waals surface area contributed by atoms with Gasteiger partial charge in [-0.15, -0.1) is 0 Å². The fourth-order valence-electron chi connectivity index (χ4n) is 1.45. The van der Waals surface area contributed by atoms with E-state index in [2.05, 4.69) is 4.98 Å². The van der Waals surface area contributed by atoms with Crippen LogP contribution >= 0.6 is 0 Å². The molecule has 1 atom stereocenters. The Bertz CT molecular complexity index is 326. The summed E-state index contributed by atoms with van der Waals surface area (Å²) < 4.78 is 0. The molecule has 0 amide bonds. The molecule has 0 aromatic carbocycles. The second-order valence-corrected chi connectivity index (χ2v) is 3.80. The molecule has 1 aromatic heterocycles. The molecule has 1 heterocycles. The molecule has 4 heteroatoms. The van der Waals surface area contributed by atoms with Gasteiger partial charge in [-0.3, -0.25) is 0 Å². The Morgan fingerprint density at radius 1 is 1.47 bits per heavy atom. The molecular weight excluding hydrogens is 192 g/mol. The molecule has 0 saturated carbocycles. The fourth-order valence-corrected chi connectivity index (χ4v) is 1.45. The van der Waals surface area contributed by atoms with Gasteiger partial charge in [-0.05, 0) is 25.5 Å². The first-order valence-corrected chi connectivity index (χ1v) is 5.01. The highest BCUT2D eigenvalue weighted by Gasteiger charge is 2.07. The van der Waals surface area contributed by atoms with Crippen molar-refractivity contribution in [2.45, 2.75) is 26.6 Å². The van der Waals surface area contributed by atoms with Crippen LogP contribution in [0.1, 0.15) is 18.2 Å². The maximum Gasteiger partial charge on any atom is 0.128 e. The summed E-state index contributed by atoms with van der Waals surface area (Å²) in [5.41, 5.74) is 1.66. The molecule has 84 valence electrons. The van der Waals surface area contributed by atoms with Gasteiger partial charge in [0.15, 0.2) is 0 Å². The maximum absolute atomic E-state index is 9.24. The number of rotatable bonds is 4. The van der Waals surface area contributed by atoms with Gasteiger partial charge in [-0.2, -0.15) is 0 Å². The summed E-state index contributed by atoms with van der Waals surface area (Å²) in [6, 6.07) is 3.71. The summed E-state index contributed by atoms with van der Waals surface area (Å²) >= 11 is 0. The lowest BCUT2D eigenvalue weighted by molar-refractivity contribution is 0.201. The quantitative estimate of drug-likeness (QED) is 0.768. The zero-order chi connectivity index (χ0) is 11.4. The summed E-state index contributed by atoms with van der Waals surface area (Å²) in [6.45, 7) is 4.17. The summed E-state index contributed by atoms with van der Waals surface area (Å²) in [5.74, 6) is 0.811. The number of pyridine rings is 1. The normalized spacial score (nSPS) is 12.6. The van der Waals surface area contributed by atoms with Crippen molar-refractivity contribution in [3.05, 3.63) is 23.4 Å². The summed E-state index contributed by atoms with van der Waals surface area (Å²) in [4.78, 5) is 6.24. The van der Waals surface area contributed by atoms with E-state index in [1.54, 1.807) is 6.92 Å². The minimum absolute atomic E-state index is 0.0131. The van der Waals surface area contributed by atoms with E-state index in [0.717, 1.165) is 17.1 Å². The molecule has 0 spiro atoms. The molecule has 0 aliphatic rings. The molecule has 15 heavy (non-hydrogen) atoms. The zero-order valence-electron chi connectivity index (χ0n) is 9.44. The maximum atomic E-state index is 9.24. The topological polar surface area (TPSA) is 56.6 Å². The molecule has 1 unspecified atom stereocenters. The smallest absolute Gasteiger partial charge is 0.128 e. The number of hydrogen-bond acceptors (Lipinski definition) is 4. The number of aryl methyl sites for hydroxylation is 1. The molecule has 0 fully saturated rings. The molecule has 2 N–H and O–H groups in total. The molecule has 0 saturated heterocycles. The van der Waals surface area contributed by atoms with E-state index in [-0.39, 0.29) is 12.7 Å². The van der Waals surface area contributed by atoms with Crippen molar-refractivity contribution in [1.29, 1.82) is 0 Å². The Kier molecular flexibility index (Phi) is 4.05. The van der Waals surface area contributed by atoms with Crippen molar-refractivity contribution < 1.29 is 10.2 Å². The Labute approximate surface area is 90.2 Å². The predicted octanol–water partition coefficient (Wildman–Crippen LogP) is 0.699. The monoisotopic (exact) mass is 210 g/mol. The molecule has 0 aliphatic heterocycles. The number of aromatic nitrogens is 1. The van der Waals surface area contributed by atoms with E-state index in [1.807, 2.05) is 31.0 Å². The van der Waals surface area contributed by atoms with Crippen LogP contribution in [0.4, 0.5) is 5.82 Å². The average Bonchev–Trinajstić information content (AvgIpc) is 2.16. The Hall–Kier alpha value is -1.13. The van der Waals surface area contributed by atoms with Gasteiger partial charge in [0, 0.05) is 19.3 Å². The van der Waals surface area contributed by atoms with E-state index >= 15 is 0 Å². The molecular formula is C11H18N2O2. The van der Waals surface area contributed by atoms with Crippen LogP contribution in [-0.2, 0) is 6.61 Å². The molecule has 0 aliphatic carbocycles. The van der Waals surface area contributed by atoms with Crippen LogP contribution in [-0.4, -0.2) is 34.9 Å². The SMILES string of the molecule is Cc1nc(N(C)CC(C)O)ccc1CO. The minimum Gasteiger partial charge on any atom is -0.392 e. The van der Waals surface area contributed by atoms with E-state index in [1.165, 1.54) is 0 Å². The third-order valence-corrected chi connectivity index (χ3v) is 2.28. The van der Waals surface area contributed by atoms with Crippen molar-refractivity contribution in [2.75, 3.05) is 18.5 Å². The van der Waals surface area contributed by atoms with Gasteiger partial charge in [0.1, 0.15) is 5.82 Å². The first-order valence-electron chi connectivity index (χ1n) is 5.01. The molecule has 1 aromatic rings. The van der Waals surface area contributed by atoms with Crippen LogP contribution < -0.4 is 4.90 Å². The molecule has 0 bridgehead atoms. The summed E-state index contributed by atoms with van der Waals surface area (Å²) in [7, 11) is 1.88.